The van der Waals surface area contributed by atoms with Gasteiger partial charge in [-0.05, 0) is 37.2 Å². The maximum absolute atomic E-state index is 13.2. The second-order valence-corrected chi connectivity index (χ2v) is 9.72. The van der Waals surface area contributed by atoms with Crippen molar-refractivity contribution in [2.45, 2.75) is 52.1 Å². The molecule has 1 N–H and O–H groups in total. The Hall–Kier alpha value is -2.02. The summed E-state index contributed by atoms with van der Waals surface area (Å²) in [6.07, 6.45) is 2.55. The fourth-order valence-electron chi connectivity index (χ4n) is 6.99. The Morgan fingerprint density at radius 3 is 2.76 bits per heavy atom. The molecule has 7 nitrogen and oxygen atoms in total. The largest absolute Gasteiger partial charge is 0.465 e. The average molecular weight is 404 g/mol. The van der Waals surface area contributed by atoms with E-state index in [4.69, 9.17) is 9.47 Å². The molecule has 4 rings (SSSR count). The SMILES string of the molecule is C=C1C(=O)[C@@]23C[C@@H]1C[C@@H](O)[C@@H]2[C@@]1(CCC[C@](C)(COC(C)=O)[C@H]1C=O)COC3=O. The summed E-state index contributed by atoms with van der Waals surface area (Å²) in [6, 6.07) is 0. The van der Waals surface area contributed by atoms with E-state index >= 15 is 0 Å². The topological polar surface area (TPSA) is 107 Å². The van der Waals surface area contributed by atoms with E-state index in [9.17, 15) is 24.3 Å². The number of hydrogen-bond donors (Lipinski definition) is 1. The molecule has 0 aromatic heterocycles. The summed E-state index contributed by atoms with van der Waals surface area (Å²) < 4.78 is 10.9. The Kier molecular flexibility index (Phi) is 4.53. The van der Waals surface area contributed by atoms with Gasteiger partial charge in [-0.2, -0.15) is 0 Å². The lowest BCUT2D eigenvalue weighted by Crippen LogP contribution is -2.67. The summed E-state index contributed by atoms with van der Waals surface area (Å²) >= 11 is 0. The van der Waals surface area contributed by atoms with Crippen molar-refractivity contribution < 1.29 is 33.8 Å². The molecule has 1 heterocycles. The zero-order valence-electron chi connectivity index (χ0n) is 16.9. The molecule has 3 saturated carbocycles. The third-order valence-electron chi connectivity index (χ3n) is 8.16. The number of carbonyl (C=O) groups is 4. The molecule has 3 aliphatic carbocycles. The minimum absolute atomic E-state index is 0.0151. The number of Topliss-reactive ketones (excluding diaryl/α,β-unsaturated/α-hetero) is 1. The summed E-state index contributed by atoms with van der Waals surface area (Å²) in [7, 11) is 0. The number of hydrogen-bond acceptors (Lipinski definition) is 7. The van der Waals surface area contributed by atoms with Crippen molar-refractivity contribution in [3.8, 4) is 0 Å². The molecule has 7 heteroatoms. The lowest BCUT2D eigenvalue weighted by atomic mass is 9.44. The van der Waals surface area contributed by atoms with Gasteiger partial charge in [0.1, 0.15) is 11.7 Å². The van der Waals surface area contributed by atoms with Gasteiger partial charge in [0.25, 0.3) is 0 Å². The molecule has 1 saturated heterocycles. The molecular formula is C22H28O7. The summed E-state index contributed by atoms with van der Waals surface area (Å²) in [4.78, 5) is 50.0. The fourth-order valence-corrected chi connectivity index (χ4v) is 6.99. The van der Waals surface area contributed by atoms with Crippen molar-refractivity contribution in [2.75, 3.05) is 13.2 Å². The highest BCUT2D eigenvalue weighted by Gasteiger charge is 2.74. The van der Waals surface area contributed by atoms with Crippen LogP contribution in [0, 0.1) is 34.0 Å². The van der Waals surface area contributed by atoms with Gasteiger partial charge in [0.15, 0.2) is 5.78 Å². The van der Waals surface area contributed by atoms with Crippen LogP contribution in [-0.4, -0.2) is 48.4 Å². The number of aliphatic hydroxyl groups is 1. The van der Waals surface area contributed by atoms with Gasteiger partial charge in [0.05, 0.1) is 19.3 Å². The first-order valence-electron chi connectivity index (χ1n) is 10.3. The number of rotatable bonds is 3. The Balaban J connectivity index is 1.83. The molecule has 0 radical (unpaired) electrons. The maximum atomic E-state index is 13.2. The van der Waals surface area contributed by atoms with Crippen molar-refractivity contribution in [3.63, 3.8) is 0 Å². The predicted octanol–water partition coefficient (Wildman–Crippen LogP) is 1.61. The maximum Gasteiger partial charge on any atom is 0.320 e. The van der Waals surface area contributed by atoms with Crippen LogP contribution in [0.2, 0.25) is 0 Å². The Morgan fingerprint density at radius 2 is 2.10 bits per heavy atom. The summed E-state index contributed by atoms with van der Waals surface area (Å²) in [5.74, 6) is -2.92. The van der Waals surface area contributed by atoms with Crippen molar-refractivity contribution in [3.05, 3.63) is 12.2 Å². The van der Waals surface area contributed by atoms with Crippen molar-refractivity contribution in [2.24, 2.45) is 34.0 Å². The molecule has 0 aromatic rings. The minimum Gasteiger partial charge on any atom is -0.465 e. The van der Waals surface area contributed by atoms with Crippen LogP contribution in [0.25, 0.3) is 0 Å². The summed E-state index contributed by atoms with van der Waals surface area (Å²) in [5, 5.41) is 11.2. The molecule has 2 spiro atoms. The minimum atomic E-state index is -1.46. The second-order valence-electron chi connectivity index (χ2n) is 9.72. The average Bonchev–Trinajstić information content (AvgIpc) is 2.86. The highest BCUT2D eigenvalue weighted by Crippen LogP contribution is 2.67. The van der Waals surface area contributed by atoms with Crippen LogP contribution < -0.4 is 0 Å². The number of esters is 2. The summed E-state index contributed by atoms with van der Waals surface area (Å²) in [6.45, 7) is 7.16. The van der Waals surface area contributed by atoms with Crippen LogP contribution in [-0.2, 0) is 28.7 Å². The van der Waals surface area contributed by atoms with Crippen LogP contribution in [0.4, 0.5) is 0 Å². The van der Waals surface area contributed by atoms with Gasteiger partial charge in [0, 0.05) is 29.6 Å². The Morgan fingerprint density at radius 1 is 1.38 bits per heavy atom. The number of ether oxygens (including phenoxy) is 2. The number of aliphatic hydroxyl groups excluding tert-OH is 1. The van der Waals surface area contributed by atoms with Crippen LogP contribution in [0.15, 0.2) is 12.2 Å². The monoisotopic (exact) mass is 404 g/mol. The normalized spacial score (nSPS) is 46.2. The van der Waals surface area contributed by atoms with E-state index < -0.39 is 46.1 Å². The van der Waals surface area contributed by atoms with Crippen molar-refractivity contribution in [1.29, 1.82) is 0 Å². The van der Waals surface area contributed by atoms with E-state index in [-0.39, 0.29) is 24.9 Å². The number of fused-ring (bicyclic) bond motifs is 2. The molecule has 29 heavy (non-hydrogen) atoms. The molecule has 0 amide bonds. The Bertz CT molecular complexity index is 803. The van der Waals surface area contributed by atoms with E-state index in [0.717, 1.165) is 12.7 Å². The second kappa shape index (κ2) is 6.49. The molecule has 2 bridgehead atoms. The zero-order valence-corrected chi connectivity index (χ0v) is 16.9. The first kappa shape index (κ1) is 20.3. The molecule has 1 aliphatic heterocycles. The van der Waals surface area contributed by atoms with E-state index in [1.54, 1.807) is 0 Å². The summed E-state index contributed by atoms with van der Waals surface area (Å²) in [5.41, 5.74) is -2.61. The molecule has 4 fully saturated rings. The first-order valence-corrected chi connectivity index (χ1v) is 10.3. The van der Waals surface area contributed by atoms with Crippen LogP contribution >= 0.6 is 0 Å². The quantitative estimate of drug-likeness (QED) is 0.330. The molecule has 158 valence electrons. The van der Waals surface area contributed by atoms with Crippen LogP contribution in [0.1, 0.15) is 46.0 Å². The van der Waals surface area contributed by atoms with E-state index in [2.05, 4.69) is 6.58 Å². The number of aldehydes is 1. The van der Waals surface area contributed by atoms with E-state index in [1.165, 1.54) is 6.92 Å². The van der Waals surface area contributed by atoms with E-state index in [1.807, 2.05) is 6.92 Å². The predicted molar refractivity (Wildman–Crippen MR) is 100 cm³/mol. The van der Waals surface area contributed by atoms with Gasteiger partial charge in [-0.25, -0.2) is 0 Å². The van der Waals surface area contributed by atoms with Crippen LogP contribution in [0.5, 0.6) is 0 Å². The number of allylic oxidation sites excluding steroid dienone is 1. The number of carbonyl (C=O) groups excluding carboxylic acids is 4. The number of cyclic esters (lactones) is 1. The number of ketones is 1. The Labute approximate surface area is 169 Å². The lowest BCUT2D eigenvalue weighted by Gasteiger charge is -2.61. The molecule has 4 aliphatic rings. The fraction of sp³-hybridized carbons (Fsp3) is 0.727. The third-order valence-corrected chi connectivity index (χ3v) is 8.16. The van der Waals surface area contributed by atoms with Gasteiger partial charge in [-0.1, -0.05) is 19.9 Å². The van der Waals surface area contributed by atoms with E-state index in [0.29, 0.717) is 31.3 Å². The molecular weight excluding hydrogens is 376 g/mol. The zero-order chi connectivity index (χ0) is 21.2. The lowest BCUT2D eigenvalue weighted by molar-refractivity contribution is -0.229. The standard InChI is InChI=1S/C22H28O7/c1-12-14-7-15(25)17-21(11-29-19(27)22(17,8-14)18(12)26)6-4-5-20(3,16(21)9-23)10-28-13(2)24/h9,14-17,25H,1,4-8,10-11H2,2-3H3/t14-,15+,16+,17+,20+,21-,22+/m0/s1. The molecule has 0 unspecified atom stereocenters. The smallest absolute Gasteiger partial charge is 0.320 e. The van der Waals surface area contributed by atoms with Crippen LogP contribution in [0.3, 0.4) is 0 Å². The first-order chi connectivity index (χ1) is 13.6. The third kappa shape index (κ3) is 2.52. The van der Waals surface area contributed by atoms with Gasteiger partial charge >= 0.3 is 11.9 Å². The van der Waals surface area contributed by atoms with Gasteiger partial charge in [-0.15, -0.1) is 0 Å². The van der Waals surface area contributed by atoms with Gasteiger partial charge < -0.3 is 19.4 Å². The molecule has 0 aromatic carbocycles. The van der Waals surface area contributed by atoms with Gasteiger partial charge in [-0.3, -0.25) is 14.4 Å². The van der Waals surface area contributed by atoms with Crippen molar-refractivity contribution in [1.82, 2.24) is 0 Å². The highest BCUT2D eigenvalue weighted by atomic mass is 16.5. The highest BCUT2D eigenvalue weighted by molar-refractivity contribution is 6.15. The molecule has 7 atom stereocenters. The van der Waals surface area contributed by atoms with Crippen molar-refractivity contribution >= 4 is 24.0 Å². The van der Waals surface area contributed by atoms with Gasteiger partial charge in [0.2, 0.25) is 0 Å².